The maximum atomic E-state index is 5.53. The highest BCUT2D eigenvalue weighted by Gasteiger charge is 2.16. The Morgan fingerprint density at radius 1 is 1.10 bits per heavy atom. The van der Waals surface area contributed by atoms with E-state index in [1.165, 1.54) is 22.3 Å². The molecule has 1 atom stereocenters. The van der Waals surface area contributed by atoms with Gasteiger partial charge in [0.05, 0.1) is 7.11 Å². The predicted molar refractivity (Wildman–Crippen MR) is 89.3 cm³/mol. The van der Waals surface area contributed by atoms with E-state index in [0.29, 0.717) is 5.92 Å². The molecule has 21 heavy (non-hydrogen) atoms. The Labute approximate surface area is 128 Å². The summed E-state index contributed by atoms with van der Waals surface area (Å²) in [6, 6.07) is 15.0. The lowest BCUT2D eigenvalue weighted by molar-refractivity contribution is 0.407. The molecule has 0 bridgehead atoms. The molecule has 1 N–H and O–H groups in total. The van der Waals surface area contributed by atoms with Crippen molar-refractivity contribution < 1.29 is 4.74 Å². The average Bonchev–Trinajstić information content (AvgIpc) is 2.48. The van der Waals surface area contributed by atoms with E-state index < -0.39 is 0 Å². The van der Waals surface area contributed by atoms with Crippen LogP contribution in [0.25, 0.3) is 0 Å². The van der Waals surface area contributed by atoms with Crippen molar-refractivity contribution in [2.24, 2.45) is 0 Å². The van der Waals surface area contributed by atoms with Crippen LogP contribution in [0.4, 0.5) is 0 Å². The number of rotatable bonds is 6. The number of nitrogens with one attached hydrogen (secondary N) is 1. The Morgan fingerprint density at radius 2 is 1.86 bits per heavy atom. The molecular formula is C19H25NO. The summed E-state index contributed by atoms with van der Waals surface area (Å²) < 4.78 is 5.53. The van der Waals surface area contributed by atoms with Gasteiger partial charge >= 0.3 is 0 Å². The second kappa shape index (κ2) is 7.28. The molecule has 0 radical (unpaired) electrons. The van der Waals surface area contributed by atoms with E-state index in [9.17, 15) is 0 Å². The lowest BCUT2D eigenvalue weighted by Crippen LogP contribution is -2.20. The van der Waals surface area contributed by atoms with Crippen LogP contribution < -0.4 is 10.1 Å². The van der Waals surface area contributed by atoms with Gasteiger partial charge in [0.2, 0.25) is 0 Å². The number of aryl methyl sites for hydroxylation is 2. The highest BCUT2D eigenvalue weighted by atomic mass is 16.5. The maximum absolute atomic E-state index is 5.53. The van der Waals surface area contributed by atoms with E-state index in [1.54, 1.807) is 7.11 Å². The van der Waals surface area contributed by atoms with Crippen molar-refractivity contribution >= 4 is 0 Å². The summed E-state index contributed by atoms with van der Waals surface area (Å²) in [5.41, 5.74) is 5.32. The number of hydrogen-bond donors (Lipinski definition) is 1. The number of likely N-dealkylation sites (N-methyl/N-ethyl adjacent to an activating group) is 1. The first-order chi connectivity index (χ1) is 10.2. The third-order valence-corrected chi connectivity index (χ3v) is 3.98. The largest absolute Gasteiger partial charge is 0.496 e. The zero-order chi connectivity index (χ0) is 15.2. The van der Waals surface area contributed by atoms with Crippen molar-refractivity contribution in [3.63, 3.8) is 0 Å². The van der Waals surface area contributed by atoms with Crippen LogP contribution in [0, 0.1) is 13.8 Å². The summed E-state index contributed by atoms with van der Waals surface area (Å²) in [6.45, 7) is 5.28. The molecule has 2 nitrogen and oxygen atoms in total. The first kappa shape index (κ1) is 15.6. The Hall–Kier alpha value is -1.80. The average molecular weight is 283 g/mol. The lowest BCUT2D eigenvalue weighted by Gasteiger charge is -2.21. The molecule has 1 unspecified atom stereocenters. The third-order valence-electron chi connectivity index (χ3n) is 3.98. The summed E-state index contributed by atoms with van der Waals surface area (Å²) in [5, 5.41) is 3.33. The van der Waals surface area contributed by atoms with Crippen molar-refractivity contribution in [3.8, 4) is 5.75 Å². The molecule has 2 rings (SSSR count). The van der Waals surface area contributed by atoms with E-state index in [4.69, 9.17) is 4.74 Å². The van der Waals surface area contributed by atoms with E-state index in [2.05, 4.69) is 61.6 Å². The zero-order valence-electron chi connectivity index (χ0n) is 13.4. The predicted octanol–water partition coefficient (Wildman–Crippen LogP) is 3.86. The molecule has 0 amide bonds. The van der Waals surface area contributed by atoms with Crippen molar-refractivity contribution in [2.45, 2.75) is 26.2 Å². The smallest absolute Gasteiger partial charge is 0.122 e. The summed E-state index contributed by atoms with van der Waals surface area (Å²) in [5.74, 6) is 1.43. The Kier molecular flexibility index (Phi) is 5.40. The van der Waals surface area contributed by atoms with E-state index in [-0.39, 0.29) is 0 Å². The first-order valence-corrected chi connectivity index (χ1v) is 7.49. The lowest BCUT2D eigenvalue weighted by atomic mass is 9.88. The zero-order valence-corrected chi connectivity index (χ0v) is 13.4. The van der Waals surface area contributed by atoms with Crippen molar-refractivity contribution in [2.75, 3.05) is 20.7 Å². The Morgan fingerprint density at radius 3 is 2.52 bits per heavy atom. The van der Waals surface area contributed by atoms with Gasteiger partial charge in [0, 0.05) is 12.5 Å². The van der Waals surface area contributed by atoms with Gasteiger partial charge in [-0.15, -0.1) is 0 Å². The van der Waals surface area contributed by atoms with Crippen LogP contribution in [0.2, 0.25) is 0 Å². The minimum Gasteiger partial charge on any atom is -0.496 e. The SMILES string of the molecule is CNCC(Cc1cc(C)ccc1OC)c1ccccc1C. The number of methoxy groups -OCH3 is 1. The monoisotopic (exact) mass is 283 g/mol. The molecule has 0 aliphatic rings. The second-order valence-corrected chi connectivity index (χ2v) is 5.63. The molecule has 2 heteroatoms. The molecule has 0 saturated carbocycles. The number of benzene rings is 2. The fraction of sp³-hybridized carbons (Fsp3) is 0.368. The van der Waals surface area contributed by atoms with Crippen LogP contribution in [0.5, 0.6) is 5.75 Å². The van der Waals surface area contributed by atoms with Crippen LogP contribution in [0.15, 0.2) is 42.5 Å². The topological polar surface area (TPSA) is 21.3 Å². The molecule has 0 aliphatic carbocycles. The van der Waals surface area contributed by atoms with Crippen LogP contribution in [-0.4, -0.2) is 20.7 Å². The maximum Gasteiger partial charge on any atom is 0.122 e. The second-order valence-electron chi connectivity index (χ2n) is 5.63. The number of ether oxygens (including phenoxy) is 1. The molecule has 0 heterocycles. The van der Waals surface area contributed by atoms with Gasteiger partial charge in [-0.2, -0.15) is 0 Å². The van der Waals surface area contributed by atoms with Crippen LogP contribution in [-0.2, 0) is 6.42 Å². The molecule has 112 valence electrons. The van der Waals surface area contributed by atoms with Crippen molar-refractivity contribution in [1.29, 1.82) is 0 Å². The summed E-state index contributed by atoms with van der Waals surface area (Å²) in [4.78, 5) is 0. The highest BCUT2D eigenvalue weighted by molar-refractivity contribution is 5.39. The molecule has 2 aromatic carbocycles. The van der Waals surface area contributed by atoms with E-state index in [1.807, 2.05) is 7.05 Å². The minimum atomic E-state index is 0.451. The minimum absolute atomic E-state index is 0.451. The van der Waals surface area contributed by atoms with Crippen LogP contribution in [0.1, 0.15) is 28.2 Å². The molecule has 0 aromatic heterocycles. The van der Waals surface area contributed by atoms with Gasteiger partial charge in [-0.25, -0.2) is 0 Å². The van der Waals surface area contributed by atoms with Gasteiger partial charge in [-0.1, -0.05) is 42.0 Å². The molecule has 0 spiro atoms. The number of hydrogen-bond acceptors (Lipinski definition) is 2. The van der Waals surface area contributed by atoms with Gasteiger partial charge in [-0.3, -0.25) is 0 Å². The fourth-order valence-corrected chi connectivity index (χ4v) is 2.92. The van der Waals surface area contributed by atoms with E-state index >= 15 is 0 Å². The first-order valence-electron chi connectivity index (χ1n) is 7.49. The summed E-state index contributed by atoms with van der Waals surface area (Å²) >= 11 is 0. The Balaban J connectivity index is 2.33. The molecule has 0 aliphatic heterocycles. The molecule has 0 saturated heterocycles. The van der Waals surface area contributed by atoms with Crippen LogP contribution in [0.3, 0.4) is 0 Å². The van der Waals surface area contributed by atoms with Gasteiger partial charge in [0.15, 0.2) is 0 Å². The van der Waals surface area contributed by atoms with Gasteiger partial charge < -0.3 is 10.1 Å². The third kappa shape index (κ3) is 3.85. The van der Waals surface area contributed by atoms with Gasteiger partial charge in [0.25, 0.3) is 0 Å². The summed E-state index contributed by atoms with van der Waals surface area (Å²) in [6.07, 6.45) is 0.983. The van der Waals surface area contributed by atoms with E-state index in [0.717, 1.165) is 18.7 Å². The standard InChI is InChI=1S/C19H25NO/c1-14-9-10-19(21-4)16(11-14)12-17(13-20-3)18-8-6-5-7-15(18)2/h5-11,17,20H,12-13H2,1-4H3. The highest BCUT2D eigenvalue weighted by Crippen LogP contribution is 2.28. The van der Waals surface area contributed by atoms with Crippen LogP contribution >= 0.6 is 0 Å². The van der Waals surface area contributed by atoms with Gasteiger partial charge in [0.1, 0.15) is 5.75 Å². The van der Waals surface area contributed by atoms with Crippen molar-refractivity contribution in [1.82, 2.24) is 5.32 Å². The van der Waals surface area contributed by atoms with Gasteiger partial charge in [-0.05, 0) is 50.1 Å². The molecule has 2 aromatic rings. The Bertz CT molecular complexity index is 592. The fourth-order valence-electron chi connectivity index (χ4n) is 2.92. The normalized spacial score (nSPS) is 12.2. The molecular weight excluding hydrogens is 258 g/mol. The quantitative estimate of drug-likeness (QED) is 0.869. The summed E-state index contributed by atoms with van der Waals surface area (Å²) in [7, 11) is 3.76. The molecule has 0 fully saturated rings. The van der Waals surface area contributed by atoms with Crippen molar-refractivity contribution in [3.05, 3.63) is 64.7 Å².